The largest absolute Gasteiger partial charge is 0.481 e. The van der Waals surface area contributed by atoms with Crippen molar-refractivity contribution in [3.05, 3.63) is 28.9 Å². The Balaban J connectivity index is 2.51. The van der Waals surface area contributed by atoms with E-state index in [4.69, 9.17) is 5.11 Å². The van der Waals surface area contributed by atoms with Gasteiger partial charge in [-0.3, -0.25) is 14.2 Å². The molecule has 0 aliphatic carbocycles. The summed E-state index contributed by atoms with van der Waals surface area (Å²) in [5.74, 6) is -1.68. The van der Waals surface area contributed by atoms with Crippen molar-refractivity contribution in [3.8, 4) is 0 Å². The van der Waals surface area contributed by atoms with Crippen LogP contribution >= 0.6 is 0 Å². The minimum atomic E-state index is -1.54. The highest BCUT2D eigenvalue weighted by atomic mass is 16.4. The molecular formula is C11H15N3O5. The number of aliphatic hydroxyl groups is 1. The highest BCUT2D eigenvalue weighted by molar-refractivity contribution is 5.76. The average molecular weight is 269 g/mol. The maximum atomic E-state index is 11.5. The summed E-state index contributed by atoms with van der Waals surface area (Å²) in [5, 5.41) is 20.6. The van der Waals surface area contributed by atoms with Crippen molar-refractivity contribution in [1.29, 1.82) is 0 Å². The van der Waals surface area contributed by atoms with E-state index in [2.05, 4.69) is 10.3 Å². The van der Waals surface area contributed by atoms with E-state index in [0.717, 1.165) is 4.57 Å². The number of aromatic nitrogens is 2. The van der Waals surface area contributed by atoms with Crippen LogP contribution in [0.3, 0.4) is 0 Å². The maximum Gasteiger partial charge on any atom is 0.347 e. The lowest BCUT2D eigenvalue weighted by Crippen LogP contribution is -2.43. The van der Waals surface area contributed by atoms with Crippen molar-refractivity contribution < 1.29 is 19.8 Å². The fourth-order valence-electron chi connectivity index (χ4n) is 1.40. The van der Waals surface area contributed by atoms with Gasteiger partial charge < -0.3 is 15.5 Å². The van der Waals surface area contributed by atoms with E-state index >= 15 is 0 Å². The van der Waals surface area contributed by atoms with E-state index in [1.165, 1.54) is 25.4 Å². The van der Waals surface area contributed by atoms with Crippen molar-refractivity contribution >= 4 is 11.9 Å². The summed E-state index contributed by atoms with van der Waals surface area (Å²) < 4.78 is 1.10. The Labute approximate surface area is 108 Å². The molecule has 1 atom stereocenters. The standard InChI is InChI=1S/C11H15N3O5/c1-11(19,5-9(16)17)7-13-8(15)6-14-4-2-3-12-10(14)18/h2-4,19H,5-7H2,1H3,(H,13,15)(H,16,17). The molecule has 8 heteroatoms. The van der Waals surface area contributed by atoms with Gasteiger partial charge in [-0.05, 0) is 13.0 Å². The van der Waals surface area contributed by atoms with Crippen LogP contribution in [0.25, 0.3) is 0 Å². The van der Waals surface area contributed by atoms with Gasteiger partial charge in [0.15, 0.2) is 0 Å². The van der Waals surface area contributed by atoms with Crippen LogP contribution in [-0.4, -0.2) is 43.8 Å². The summed E-state index contributed by atoms with van der Waals surface area (Å²) in [6, 6.07) is 1.51. The highest BCUT2D eigenvalue weighted by Gasteiger charge is 2.24. The molecular weight excluding hydrogens is 254 g/mol. The molecule has 1 unspecified atom stereocenters. The molecule has 0 fully saturated rings. The van der Waals surface area contributed by atoms with Crippen molar-refractivity contribution in [2.24, 2.45) is 0 Å². The first-order valence-corrected chi connectivity index (χ1v) is 5.52. The summed E-state index contributed by atoms with van der Waals surface area (Å²) in [5.41, 5.74) is -2.10. The molecule has 104 valence electrons. The number of hydrogen-bond donors (Lipinski definition) is 3. The molecule has 1 amide bonds. The monoisotopic (exact) mass is 269 g/mol. The Bertz CT molecular complexity index is 523. The molecule has 19 heavy (non-hydrogen) atoms. The lowest BCUT2D eigenvalue weighted by Gasteiger charge is -2.21. The predicted molar refractivity (Wildman–Crippen MR) is 64.4 cm³/mol. The number of carboxylic acid groups (broad SMARTS) is 1. The molecule has 0 bridgehead atoms. The van der Waals surface area contributed by atoms with Gasteiger partial charge in [-0.25, -0.2) is 9.78 Å². The van der Waals surface area contributed by atoms with Crippen molar-refractivity contribution in [2.45, 2.75) is 25.5 Å². The second kappa shape index (κ2) is 6.10. The third kappa shape index (κ3) is 5.30. The molecule has 0 radical (unpaired) electrons. The fourth-order valence-corrected chi connectivity index (χ4v) is 1.40. The van der Waals surface area contributed by atoms with Gasteiger partial charge in [-0.2, -0.15) is 0 Å². The van der Waals surface area contributed by atoms with Gasteiger partial charge in [0.2, 0.25) is 5.91 Å². The van der Waals surface area contributed by atoms with Gasteiger partial charge in [0, 0.05) is 18.9 Å². The van der Waals surface area contributed by atoms with Gasteiger partial charge in [0.25, 0.3) is 0 Å². The second-order valence-corrected chi connectivity index (χ2v) is 4.37. The number of rotatable bonds is 6. The number of amides is 1. The van der Waals surface area contributed by atoms with Crippen molar-refractivity contribution in [1.82, 2.24) is 14.9 Å². The van der Waals surface area contributed by atoms with E-state index in [9.17, 15) is 19.5 Å². The van der Waals surface area contributed by atoms with Crippen LogP contribution in [0.4, 0.5) is 0 Å². The maximum absolute atomic E-state index is 11.5. The van der Waals surface area contributed by atoms with Crippen molar-refractivity contribution in [2.75, 3.05) is 6.54 Å². The average Bonchev–Trinajstić information content (AvgIpc) is 2.28. The van der Waals surface area contributed by atoms with Crippen LogP contribution in [0.5, 0.6) is 0 Å². The zero-order valence-corrected chi connectivity index (χ0v) is 10.4. The first-order chi connectivity index (χ1) is 8.80. The Morgan fingerprint density at radius 2 is 2.21 bits per heavy atom. The van der Waals surface area contributed by atoms with E-state index in [-0.39, 0.29) is 13.1 Å². The summed E-state index contributed by atoms with van der Waals surface area (Å²) in [7, 11) is 0. The van der Waals surface area contributed by atoms with E-state index in [1.807, 2.05) is 0 Å². The molecule has 0 aliphatic heterocycles. The zero-order chi connectivity index (χ0) is 14.5. The third-order valence-corrected chi connectivity index (χ3v) is 2.30. The smallest absolute Gasteiger partial charge is 0.347 e. The topological polar surface area (TPSA) is 122 Å². The van der Waals surface area contributed by atoms with Gasteiger partial charge in [-0.1, -0.05) is 0 Å². The molecule has 1 aromatic rings. The molecule has 8 nitrogen and oxygen atoms in total. The first kappa shape index (κ1) is 14.8. The molecule has 0 aliphatic rings. The number of hydrogen-bond acceptors (Lipinski definition) is 5. The number of nitrogens with one attached hydrogen (secondary N) is 1. The van der Waals surface area contributed by atoms with Gasteiger partial charge in [0.1, 0.15) is 6.54 Å². The quantitative estimate of drug-likeness (QED) is 0.583. The predicted octanol–water partition coefficient (Wildman–Crippen LogP) is -1.41. The Kier molecular flexibility index (Phi) is 4.76. The summed E-state index contributed by atoms with van der Waals surface area (Å²) in [6.07, 6.45) is 2.23. The molecule has 0 saturated carbocycles. The van der Waals surface area contributed by atoms with E-state index in [0.29, 0.717) is 0 Å². The van der Waals surface area contributed by atoms with E-state index < -0.39 is 29.6 Å². The number of carbonyl (C=O) groups is 2. The highest BCUT2D eigenvalue weighted by Crippen LogP contribution is 2.07. The van der Waals surface area contributed by atoms with Crippen LogP contribution in [0.2, 0.25) is 0 Å². The lowest BCUT2D eigenvalue weighted by molar-refractivity contribution is -0.142. The molecule has 1 rings (SSSR count). The van der Waals surface area contributed by atoms with Crippen LogP contribution in [0, 0.1) is 0 Å². The second-order valence-electron chi connectivity index (χ2n) is 4.37. The van der Waals surface area contributed by atoms with Crippen LogP contribution in [0.1, 0.15) is 13.3 Å². The zero-order valence-electron chi connectivity index (χ0n) is 10.4. The number of aliphatic carboxylic acids is 1. The Hall–Kier alpha value is -2.22. The SMILES string of the molecule is CC(O)(CNC(=O)Cn1cccnc1=O)CC(=O)O. The van der Waals surface area contributed by atoms with Gasteiger partial charge in [0.05, 0.1) is 12.0 Å². The van der Waals surface area contributed by atoms with E-state index in [1.54, 1.807) is 0 Å². The third-order valence-electron chi connectivity index (χ3n) is 2.30. The number of carbonyl (C=O) groups excluding carboxylic acids is 1. The number of carboxylic acids is 1. The normalized spacial score (nSPS) is 13.6. The minimum Gasteiger partial charge on any atom is -0.481 e. The summed E-state index contributed by atoms with van der Waals surface area (Å²) in [6.45, 7) is 0.848. The van der Waals surface area contributed by atoms with Crippen LogP contribution in [0.15, 0.2) is 23.3 Å². The molecule has 0 spiro atoms. The summed E-state index contributed by atoms with van der Waals surface area (Å²) >= 11 is 0. The Morgan fingerprint density at radius 3 is 2.79 bits per heavy atom. The van der Waals surface area contributed by atoms with Crippen LogP contribution in [-0.2, 0) is 16.1 Å². The van der Waals surface area contributed by atoms with Gasteiger partial charge in [-0.15, -0.1) is 0 Å². The minimum absolute atomic E-state index is 0.215. The lowest BCUT2D eigenvalue weighted by atomic mass is 10.0. The molecule has 0 aromatic carbocycles. The van der Waals surface area contributed by atoms with Crippen molar-refractivity contribution in [3.63, 3.8) is 0 Å². The fraction of sp³-hybridized carbons (Fsp3) is 0.455. The summed E-state index contributed by atoms with van der Waals surface area (Å²) in [4.78, 5) is 36.7. The molecule has 3 N–H and O–H groups in total. The molecule has 1 heterocycles. The molecule has 1 aromatic heterocycles. The first-order valence-electron chi connectivity index (χ1n) is 5.52. The van der Waals surface area contributed by atoms with Gasteiger partial charge >= 0.3 is 11.7 Å². The Morgan fingerprint density at radius 1 is 1.53 bits per heavy atom. The van der Waals surface area contributed by atoms with Crippen LogP contribution < -0.4 is 11.0 Å². The number of nitrogens with zero attached hydrogens (tertiary/aromatic N) is 2. The molecule has 0 saturated heterocycles.